The van der Waals surface area contributed by atoms with Crippen molar-refractivity contribution in [2.24, 2.45) is 5.92 Å². The summed E-state index contributed by atoms with van der Waals surface area (Å²) in [5, 5.41) is 3.84. The molecule has 7 heteroatoms. The van der Waals surface area contributed by atoms with E-state index in [2.05, 4.69) is 27.3 Å². The lowest BCUT2D eigenvalue weighted by Gasteiger charge is -2.32. The first kappa shape index (κ1) is 22.5. The predicted molar refractivity (Wildman–Crippen MR) is 128 cm³/mol. The Hall–Kier alpha value is -2.70. The van der Waals surface area contributed by atoms with Gasteiger partial charge < -0.3 is 9.88 Å². The van der Waals surface area contributed by atoms with Gasteiger partial charge in [0.15, 0.2) is 0 Å². The molecule has 3 aromatic rings. The number of nitrogens with one attached hydrogen (secondary N) is 1. The highest BCUT2D eigenvalue weighted by Crippen LogP contribution is 2.19. The molecule has 1 aromatic heterocycles. The maximum absolute atomic E-state index is 12.5. The van der Waals surface area contributed by atoms with E-state index in [1.165, 1.54) is 5.56 Å². The normalized spacial score (nSPS) is 15.2. The molecule has 1 N–H and O–H groups in total. The van der Waals surface area contributed by atoms with Crippen molar-refractivity contribution in [1.29, 1.82) is 0 Å². The molecule has 0 aliphatic carbocycles. The van der Waals surface area contributed by atoms with Gasteiger partial charge in [-0.2, -0.15) is 0 Å². The second-order valence-electron chi connectivity index (χ2n) is 8.54. The highest BCUT2D eigenvalue weighted by Gasteiger charge is 2.20. The van der Waals surface area contributed by atoms with Crippen LogP contribution in [0.1, 0.15) is 30.5 Å². The van der Waals surface area contributed by atoms with E-state index in [9.17, 15) is 9.59 Å². The van der Waals surface area contributed by atoms with Crippen molar-refractivity contribution in [1.82, 2.24) is 19.8 Å². The fourth-order valence-corrected chi connectivity index (χ4v) is 4.42. The lowest BCUT2D eigenvalue weighted by molar-refractivity contribution is -0.121. The number of hydrogen-bond acceptors (Lipinski definition) is 4. The maximum atomic E-state index is 12.5. The number of likely N-dealkylation sites (tertiary alicyclic amines) is 1. The van der Waals surface area contributed by atoms with Crippen molar-refractivity contribution >= 4 is 28.5 Å². The minimum Gasteiger partial charge on any atom is -0.356 e. The lowest BCUT2D eigenvalue weighted by Crippen LogP contribution is -2.38. The summed E-state index contributed by atoms with van der Waals surface area (Å²) in [7, 11) is 0. The molecule has 0 saturated carbocycles. The highest BCUT2D eigenvalue weighted by molar-refractivity contribution is 6.30. The number of halogens is 1. The summed E-state index contributed by atoms with van der Waals surface area (Å²) in [6.45, 7) is 5.75. The zero-order valence-electron chi connectivity index (χ0n) is 18.4. The Kier molecular flexibility index (Phi) is 7.22. The van der Waals surface area contributed by atoms with Crippen molar-refractivity contribution in [3.8, 4) is 0 Å². The zero-order valence-corrected chi connectivity index (χ0v) is 19.1. The average Bonchev–Trinajstić information content (AvgIpc) is 2.80. The van der Waals surface area contributed by atoms with Crippen molar-refractivity contribution < 1.29 is 4.79 Å². The standard InChI is InChI=1S/C25H29ClN4O2/c1-18-25(32)30(23-5-3-2-4-22(23)28-18)15-12-24(31)27-16-19-10-13-29(14-11-19)17-20-6-8-21(26)9-7-20/h2-9,19H,10-17H2,1H3,(H,27,31). The summed E-state index contributed by atoms with van der Waals surface area (Å²) in [6, 6.07) is 15.6. The van der Waals surface area contributed by atoms with Crippen LogP contribution in [0.3, 0.4) is 0 Å². The zero-order chi connectivity index (χ0) is 22.5. The molecule has 1 aliphatic heterocycles. The van der Waals surface area contributed by atoms with Gasteiger partial charge in [-0.25, -0.2) is 4.98 Å². The van der Waals surface area contributed by atoms with Crippen LogP contribution in [0.2, 0.25) is 5.02 Å². The minimum absolute atomic E-state index is 0.0148. The Labute approximate surface area is 193 Å². The molecular weight excluding hydrogens is 424 g/mol. The summed E-state index contributed by atoms with van der Waals surface area (Å²) >= 11 is 5.96. The number of nitrogens with zero attached hydrogens (tertiary/aromatic N) is 3. The first-order valence-corrected chi connectivity index (χ1v) is 11.6. The molecule has 1 amide bonds. The number of para-hydroxylation sites is 2. The highest BCUT2D eigenvalue weighted by atomic mass is 35.5. The number of benzene rings is 2. The number of hydrogen-bond donors (Lipinski definition) is 1. The van der Waals surface area contributed by atoms with Crippen molar-refractivity contribution in [2.45, 2.75) is 39.3 Å². The smallest absolute Gasteiger partial charge is 0.272 e. The van der Waals surface area contributed by atoms with Crippen molar-refractivity contribution in [2.75, 3.05) is 19.6 Å². The molecule has 0 atom stereocenters. The van der Waals surface area contributed by atoms with Crippen molar-refractivity contribution in [3.05, 3.63) is 75.2 Å². The van der Waals surface area contributed by atoms with E-state index in [0.29, 0.717) is 24.7 Å². The molecule has 0 bridgehead atoms. The number of carbonyl (C=O) groups excluding carboxylic acids is 1. The van der Waals surface area contributed by atoms with Gasteiger partial charge in [-0.15, -0.1) is 0 Å². The van der Waals surface area contributed by atoms with E-state index < -0.39 is 0 Å². The van der Waals surface area contributed by atoms with Crippen LogP contribution in [0.5, 0.6) is 0 Å². The van der Waals surface area contributed by atoms with Crippen LogP contribution in [-0.2, 0) is 17.9 Å². The molecule has 2 aromatic carbocycles. The van der Waals surface area contributed by atoms with E-state index in [4.69, 9.17) is 11.6 Å². The van der Waals surface area contributed by atoms with Gasteiger partial charge in [-0.3, -0.25) is 14.5 Å². The predicted octanol–water partition coefficient (Wildman–Crippen LogP) is 3.78. The van der Waals surface area contributed by atoms with E-state index in [1.807, 2.05) is 36.4 Å². The Morgan fingerprint density at radius 1 is 1.12 bits per heavy atom. The molecule has 1 fully saturated rings. The number of fused-ring (bicyclic) bond motifs is 1. The number of rotatable bonds is 7. The molecule has 1 aliphatic rings. The van der Waals surface area contributed by atoms with Crippen LogP contribution >= 0.6 is 11.6 Å². The van der Waals surface area contributed by atoms with Gasteiger partial charge in [0.05, 0.1) is 11.0 Å². The second kappa shape index (κ2) is 10.3. The van der Waals surface area contributed by atoms with Gasteiger partial charge in [0.2, 0.25) is 5.91 Å². The van der Waals surface area contributed by atoms with Crippen LogP contribution in [0, 0.1) is 12.8 Å². The summed E-state index contributed by atoms with van der Waals surface area (Å²) < 4.78 is 1.66. The molecule has 6 nitrogen and oxygen atoms in total. The van der Waals surface area contributed by atoms with Crippen LogP contribution in [0.25, 0.3) is 11.0 Å². The van der Waals surface area contributed by atoms with Gasteiger partial charge in [-0.1, -0.05) is 35.9 Å². The monoisotopic (exact) mass is 452 g/mol. The SMILES string of the molecule is Cc1nc2ccccc2n(CCC(=O)NCC2CCN(Cc3ccc(Cl)cc3)CC2)c1=O. The van der Waals surface area contributed by atoms with Crippen molar-refractivity contribution in [3.63, 3.8) is 0 Å². The van der Waals surface area contributed by atoms with E-state index in [-0.39, 0.29) is 17.9 Å². The third kappa shape index (κ3) is 5.56. The number of piperidine rings is 1. The van der Waals surface area contributed by atoms with E-state index in [1.54, 1.807) is 11.5 Å². The topological polar surface area (TPSA) is 67.2 Å². The quantitative estimate of drug-likeness (QED) is 0.592. The van der Waals surface area contributed by atoms with Gasteiger partial charge in [0.1, 0.15) is 5.69 Å². The second-order valence-corrected chi connectivity index (χ2v) is 8.98. The molecular formula is C25H29ClN4O2. The first-order chi connectivity index (χ1) is 15.5. The number of aromatic nitrogens is 2. The molecule has 0 unspecified atom stereocenters. The average molecular weight is 453 g/mol. The van der Waals surface area contributed by atoms with E-state index in [0.717, 1.165) is 48.5 Å². The van der Waals surface area contributed by atoms with Gasteiger partial charge >= 0.3 is 0 Å². The number of aryl methyl sites for hydroxylation is 2. The largest absolute Gasteiger partial charge is 0.356 e. The molecule has 0 radical (unpaired) electrons. The minimum atomic E-state index is -0.135. The fourth-order valence-electron chi connectivity index (χ4n) is 4.30. The van der Waals surface area contributed by atoms with Crippen LogP contribution in [-0.4, -0.2) is 40.0 Å². The molecule has 1 saturated heterocycles. The summed E-state index contributed by atoms with van der Waals surface area (Å²) in [5.41, 5.74) is 3.13. The lowest BCUT2D eigenvalue weighted by atomic mass is 9.96. The van der Waals surface area contributed by atoms with Crippen LogP contribution in [0.15, 0.2) is 53.3 Å². The summed E-state index contributed by atoms with van der Waals surface area (Å²) in [6.07, 6.45) is 2.42. The molecule has 0 spiro atoms. The Bertz CT molecular complexity index is 1130. The molecule has 4 rings (SSSR count). The Balaban J connectivity index is 1.23. The van der Waals surface area contributed by atoms with Crippen LogP contribution in [0.4, 0.5) is 0 Å². The van der Waals surface area contributed by atoms with Gasteiger partial charge in [0.25, 0.3) is 5.56 Å². The fraction of sp³-hybridized carbons (Fsp3) is 0.400. The number of amides is 1. The summed E-state index contributed by atoms with van der Waals surface area (Å²) in [5.74, 6) is 0.478. The molecule has 2 heterocycles. The molecule has 32 heavy (non-hydrogen) atoms. The van der Waals surface area contributed by atoms with E-state index >= 15 is 0 Å². The third-order valence-corrected chi connectivity index (χ3v) is 6.44. The van der Waals surface area contributed by atoms with Gasteiger partial charge in [-0.05, 0) is 68.6 Å². The maximum Gasteiger partial charge on any atom is 0.272 e. The Morgan fingerprint density at radius 3 is 2.59 bits per heavy atom. The van der Waals surface area contributed by atoms with Gasteiger partial charge in [0, 0.05) is 31.1 Å². The summed E-state index contributed by atoms with van der Waals surface area (Å²) in [4.78, 5) is 31.8. The Morgan fingerprint density at radius 2 is 1.84 bits per heavy atom. The molecule has 168 valence electrons. The first-order valence-electron chi connectivity index (χ1n) is 11.2. The van der Waals surface area contributed by atoms with Crippen LogP contribution < -0.4 is 10.9 Å². The third-order valence-electron chi connectivity index (χ3n) is 6.19. The number of carbonyl (C=O) groups is 1.